The van der Waals surface area contributed by atoms with Crippen LogP contribution in [0.2, 0.25) is 0 Å². The summed E-state index contributed by atoms with van der Waals surface area (Å²) in [7, 11) is 0. The van der Waals surface area contributed by atoms with Gasteiger partial charge in [0.25, 0.3) is 0 Å². The Balaban J connectivity index is 2.18. The first-order valence-corrected chi connectivity index (χ1v) is 7.55. The van der Waals surface area contributed by atoms with Crippen molar-refractivity contribution in [3.05, 3.63) is 11.6 Å². The van der Waals surface area contributed by atoms with Gasteiger partial charge in [-0.15, -0.1) is 0 Å². The number of nitrogens with one attached hydrogen (secondary N) is 1. The Labute approximate surface area is 115 Å². The highest BCUT2D eigenvalue weighted by Gasteiger charge is 2.29. The zero-order valence-corrected chi connectivity index (χ0v) is 12.4. The molecule has 1 aliphatic heterocycles. The summed E-state index contributed by atoms with van der Waals surface area (Å²) in [5.74, 6) is 2.02. The lowest BCUT2D eigenvalue weighted by Gasteiger charge is -2.33. The summed E-state index contributed by atoms with van der Waals surface area (Å²) in [6, 6.07) is 0.730. The quantitative estimate of drug-likeness (QED) is 0.852. The number of nitrogens with zero attached hydrogens (tertiary/aromatic N) is 3. The van der Waals surface area contributed by atoms with Gasteiger partial charge in [-0.2, -0.15) is 5.10 Å². The molecule has 1 N–H and O–H groups in total. The zero-order valence-electron chi connectivity index (χ0n) is 12.4. The fourth-order valence-electron chi connectivity index (χ4n) is 2.59. The molecule has 1 fully saturated rings. The summed E-state index contributed by atoms with van der Waals surface area (Å²) in [6.45, 7) is 9.07. The van der Waals surface area contributed by atoms with Crippen LogP contribution >= 0.6 is 0 Å². The molecule has 0 bridgehead atoms. The van der Waals surface area contributed by atoms with Crippen molar-refractivity contribution in [3.8, 4) is 0 Å². The molecule has 0 saturated carbocycles. The molecule has 0 aromatic carbocycles. The molecule has 0 spiro atoms. The van der Waals surface area contributed by atoms with E-state index >= 15 is 0 Å². The minimum atomic E-state index is 0.281. The molecule has 0 radical (unpaired) electrons. The van der Waals surface area contributed by atoms with E-state index in [2.05, 4.69) is 40.9 Å². The molecule has 5 heteroatoms. The highest BCUT2D eigenvalue weighted by atomic mass is 16.5. The van der Waals surface area contributed by atoms with Crippen molar-refractivity contribution < 1.29 is 4.74 Å². The van der Waals surface area contributed by atoms with Gasteiger partial charge in [-0.1, -0.05) is 20.8 Å². The van der Waals surface area contributed by atoms with Crippen molar-refractivity contribution in [1.29, 1.82) is 0 Å². The predicted octanol–water partition coefficient (Wildman–Crippen LogP) is 1.73. The van der Waals surface area contributed by atoms with Gasteiger partial charge in [-0.05, 0) is 19.4 Å². The summed E-state index contributed by atoms with van der Waals surface area (Å²) in [6.07, 6.45) is 4.02. The van der Waals surface area contributed by atoms with Crippen LogP contribution in [0.25, 0.3) is 0 Å². The van der Waals surface area contributed by atoms with Gasteiger partial charge in [-0.25, -0.2) is 9.67 Å². The molecule has 2 atom stereocenters. The van der Waals surface area contributed by atoms with Crippen molar-refractivity contribution >= 4 is 0 Å². The van der Waals surface area contributed by atoms with Crippen LogP contribution in [0.5, 0.6) is 0 Å². The molecule has 2 heterocycles. The van der Waals surface area contributed by atoms with E-state index in [1.165, 1.54) is 0 Å². The molecule has 108 valence electrons. The zero-order chi connectivity index (χ0) is 13.7. The third-order valence-electron chi connectivity index (χ3n) is 3.68. The van der Waals surface area contributed by atoms with Gasteiger partial charge in [0.2, 0.25) is 0 Å². The summed E-state index contributed by atoms with van der Waals surface area (Å²) in [5.41, 5.74) is 0. The second kappa shape index (κ2) is 7.01. The fourth-order valence-corrected chi connectivity index (χ4v) is 2.59. The van der Waals surface area contributed by atoms with E-state index in [0.29, 0.717) is 6.04 Å². The first-order valence-electron chi connectivity index (χ1n) is 7.55. The molecular formula is C14H26N4O. The Bertz CT molecular complexity index is 391. The summed E-state index contributed by atoms with van der Waals surface area (Å²) < 4.78 is 7.76. The third kappa shape index (κ3) is 3.34. The van der Waals surface area contributed by atoms with Gasteiger partial charge >= 0.3 is 0 Å². The molecule has 1 aromatic rings. The topological polar surface area (TPSA) is 52.0 Å². The first-order chi connectivity index (χ1) is 9.30. The second-order valence-electron chi connectivity index (χ2n) is 5.09. The minimum absolute atomic E-state index is 0.281. The van der Waals surface area contributed by atoms with Gasteiger partial charge in [0.1, 0.15) is 5.82 Å². The molecule has 1 aliphatic rings. The molecule has 0 aliphatic carbocycles. The van der Waals surface area contributed by atoms with Crippen molar-refractivity contribution in [3.63, 3.8) is 0 Å². The molecule has 2 unspecified atom stereocenters. The number of rotatable bonds is 6. The number of hydrogen-bond acceptors (Lipinski definition) is 4. The number of aromatic nitrogens is 3. The van der Waals surface area contributed by atoms with Gasteiger partial charge in [0.15, 0.2) is 5.82 Å². The predicted molar refractivity (Wildman–Crippen MR) is 75.3 cm³/mol. The van der Waals surface area contributed by atoms with Gasteiger partial charge < -0.3 is 10.1 Å². The van der Waals surface area contributed by atoms with Gasteiger partial charge in [0.05, 0.1) is 12.6 Å². The first kappa shape index (κ1) is 14.5. The van der Waals surface area contributed by atoms with Crippen LogP contribution in [0.1, 0.15) is 51.3 Å². The number of aryl methyl sites for hydroxylation is 2. The highest BCUT2D eigenvalue weighted by molar-refractivity contribution is 4.98. The highest BCUT2D eigenvalue weighted by Crippen LogP contribution is 2.21. The average Bonchev–Trinajstić information content (AvgIpc) is 2.88. The molecule has 2 rings (SSSR count). The number of ether oxygens (including phenoxy) is 1. The van der Waals surface area contributed by atoms with Crippen LogP contribution in [0.15, 0.2) is 0 Å². The lowest BCUT2D eigenvalue weighted by molar-refractivity contribution is 0.0314. The lowest BCUT2D eigenvalue weighted by Crippen LogP contribution is -2.45. The van der Waals surface area contributed by atoms with E-state index in [-0.39, 0.29) is 6.04 Å². The van der Waals surface area contributed by atoms with Gasteiger partial charge in [-0.3, -0.25) is 0 Å². The Kier molecular flexibility index (Phi) is 5.34. The maximum Gasteiger partial charge on any atom is 0.150 e. The smallest absolute Gasteiger partial charge is 0.150 e. The van der Waals surface area contributed by atoms with E-state index in [0.717, 1.165) is 57.1 Å². The Morgan fingerprint density at radius 1 is 1.32 bits per heavy atom. The van der Waals surface area contributed by atoms with E-state index in [9.17, 15) is 0 Å². The Hall–Kier alpha value is -0.940. The van der Waals surface area contributed by atoms with Crippen LogP contribution in [0, 0.1) is 0 Å². The van der Waals surface area contributed by atoms with E-state index < -0.39 is 0 Å². The van der Waals surface area contributed by atoms with Gasteiger partial charge in [0, 0.05) is 25.5 Å². The fraction of sp³-hybridized carbons (Fsp3) is 0.857. The molecular weight excluding hydrogens is 240 g/mol. The average molecular weight is 266 g/mol. The SMILES string of the molecule is CCCNC1CCOCC1n1nc(CC)nc1CC. The van der Waals surface area contributed by atoms with E-state index in [1.807, 2.05) is 0 Å². The monoisotopic (exact) mass is 266 g/mol. The maximum atomic E-state index is 5.66. The van der Waals surface area contributed by atoms with Crippen LogP contribution in [0.3, 0.4) is 0 Å². The van der Waals surface area contributed by atoms with E-state index in [4.69, 9.17) is 4.74 Å². The molecule has 1 saturated heterocycles. The largest absolute Gasteiger partial charge is 0.379 e. The molecule has 0 amide bonds. The Morgan fingerprint density at radius 2 is 2.16 bits per heavy atom. The second-order valence-corrected chi connectivity index (χ2v) is 5.09. The number of hydrogen-bond donors (Lipinski definition) is 1. The summed E-state index contributed by atoms with van der Waals surface area (Å²) in [5, 5.41) is 8.30. The molecule has 19 heavy (non-hydrogen) atoms. The maximum absolute atomic E-state index is 5.66. The third-order valence-corrected chi connectivity index (χ3v) is 3.68. The van der Waals surface area contributed by atoms with Crippen molar-refractivity contribution in [1.82, 2.24) is 20.1 Å². The Morgan fingerprint density at radius 3 is 2.84 bits per heavy atom. The normalized spacial score (nSPS) is 23.7. The summed E-state index contributed by atoms with van der Waals surface area (Å²) >= 11 is 0. The lowest BCUT2D eigenvalue weighted by atomic mass is 10.0. The molecule has 5 nitrogen and oxygen atoms in total. The van der Waals surface area contributed by atoms with Crippen LogP contribution in [0.4, 0.5) is 0 Å². The summed E-state index contributed by atoms with van der Waals surface area (Å²) in [4.78, 5) is 4.61. The van der Waals surface area contributed by atoms with Crippen molar-refractivity contribution in [2.75, 3.05) is 19.8 Å². The van der Waals surface area contributed by atoms with Crippen LogP contribution in [-0.4, -0.2) is 40.6 Å². The molecule has 1 aromatic heterocycles. The van der Waals surface area contributed by atoms with Crippen molar-refractivity contribution in [2.24, 2.45) is 0 Å². The van der Waals surface area contributed by atoms with E-state index in [1.54, 1.807) is 0 Å². The van der Waals surface area contributed by atoms with Crippen molar-refractivity contribution in [2.45, 2.75) is 58.5 Å². The standard InChI is InChI=1S/C14H26N4O/c1-4-8-15-11-7-9-19-10-12(11)18-14(6-3)16-13(5-2)17-18/h11-12,15H,4-10H2,1-3H3. The van der Waals surface area contributed by atoms with Crippen LogP contribution < -0.4 is 5.32 Å². The van der Waals surface area contributed by atoms with Crippen LogP contribution in [-0.2, 0) is 17.6 Å². The minimum Gasteiger partial charge on any atom is -0.379 e.